The molecule has 9 heteroatoms. The lowest BCUT2D eigenvalue weighted by Gasteiger charge is -2.15. The summed E-state index contributed by atoms with van der Waals surface area (Å²) in [5.41, 5.74) is 1.17. The third-order valence-corrected chi connectivity index (χ3v) is 5.00. The van der Waals surface area contributed by atoms with Gasteiger partial charge in [0.1, 0.15) is 0 Å². The van der Waals surface area contributed by atoms with Crippen LogP contribution < -0.4 is 15.4 Å². The molecule has 1 aromatic rings. The molecule has 0 saturated carbocycles. The molecule has 1 atom stereocenters. The highest BCUT2D eigenvalue weighted by Gasteiger charge is 2.06. The number of hydrogen-bond donors (Lipinski definition) is 3. The zero-order valence-corrected chi connectivity index (χ0v) is 18.8. The molecule has 0 amide bonds. The van der Waals surface area contributed by atoms with Gasteiger partial charge in [-0.25, -0.2) is 13.1 Å². The summed E-state index contributed by atoms with van der Waals surface area (Å²) in [7, 11) is -1.47. The van der Waals surface area contributed by atoms with Gasteiger partial charge in [-0.05, 0) is 25.8 Å². The average molecular weight is 498 g/mol. The van der Waals surface area contributed by atoms with Crippen molar-refractivity contribution in [1.29, 1.82) is 0 Å². The van der Waals surface area contributed by atoms with Crippen LogP contribution in [0.15, 0.2) is 35.3 Å². The number of hydrogen-bond acceptors (Lipinski definition) is 4. The highest BCUT2D eigenvalue weighted by Crippen LogP contribution is 2.15. The number of aliphatic imine (C=N–C) groups is 1. The van der Waals surface area contributed by atoms with E-state index in [4.69, 9.17) is 4.74 Å². The van der Waals surface area contributed by atoms with E-state index in [0.717, 1.165) is 13.0 Å². The second-order valence-corrected chi connectivity index (χ2v) is 7.60. The van der Waals surface area contributed by atoms with E-state index in [0.29, 0.717) is 25.7 Å². The zero-order chi connectivity index (χ0) is 18.5. The molecule has 1 rings (SSSR count). The van der Waals surface area contributed by atoms with Crippen molar-refractivity contribution in [2.75, 3.05) is 39.0 Å². The second-order valence-electron chi connectivity index (χ2n) is 5.50. The first-order valence-corrected chi connectivity index (χ1v) is 10.2. The summed E-state index contributed by atoms with van der Waals surface area (Å²) < 4.78 is 30.9. The molecule has 0 aliphatic heterocycles. The summed E-state index contributed by atoms with van der Waals surface area (Å²) >= 11 is 0. The molecular formula is C17H31IN4O3S. The largest absolute Gasteiger partial charge is 0.374 e. The van der Waals surface area contributed by atoms with E-state index in [1.165, 1.54) is 5.56 Å². The Hall–Kier alpha value is -0.910. The lowest BCUT2D eigenvalue weighted by Crippen LogP contribution is -2.42. The summed E-state index contributed by atoms with van der Waals surface area (Å²) in [6, 6.07) is 10.1. The zero-order valence-electron chi connectivity index (χ0n) is 15.7. The van der Waals surface area contributed by atoms with Crippen molar-refractivity contribution in [1.82, 2.24) is 15.4 Å². The first-order valence-electron chi connectivity index (χ1n) is 8.57. The Bertz CT molecular complexity index is 612. The van der Waals surface area contributed by atoms with Crippen LogP contribution in [-0.2, 0) is 14.8 Å². The van der Waals surface area contributed by atoms with E-state index in [1.807, 2.05) is 25.1 Å². The lowest BCUT2D eigenvalue weighted by atomic mass is 10.1. The van der Waals surface area contributed by atoms with Crippen molar-refractivity contribution < 1.29 is 13.2 Å². The first-order chi connectivity index (χ1) is 12.0. The number of guanidine groups is 1. The van der Waals surface area contributed by atoms with E-state index in [1.54, 1.807) is 14.0 Å². The van der Waals surface area contributed by atoms with Gasteiger partial charge in [0.2, 0.25) is 10.0 Å². The quantitative estimate of drug-likeness (QED) is 0.188. The van der Waals surface area contributed by atoms with Crippen molar-refractivity contribution in [3.63, 3.8) is 0 Å². The van der Waals surface area contributed by atoms with Crippen LogP contribution >= 0.6 is 24.0 Å². The molecule has 0 heterocycles. The fourth-order valence-electron chi connectivity index (χ4n) is 2.07. The second kappa shape index (κ2) is 14.2. The monoisotopic (exact) mass is 498 g/mol. The summed E-state index contributed by atoms with van der Waals surface area (Å²) in [5, 5.41) is 6.24. The first kappa shape index (κ1) is 25.1. The van der Waals surface area contributed by atoms with E-state index < -0.39 is 10.0 Å². The Morgan fingerprint density at radius 1 is 1.15 bits per heavy atom. The number of rotatable bonds is 11. The number of sulfonamides is 1. The van der Waals surface area contributed by atoms with Crippen LogP contribution in [0.25, 0.3) is 0 Å². The molecule has 0 aliphatic carbocycles. The molecule has 7 nitrogen and oxygen atoms in total. The predicted molar refractivity (Wildman–Crippen MR) is 118 cm³/mol. The summed E-state index contributed by atoms with van der Waals surface area (Å²) in [6.45, 7) is 5.82. The smallest absolute Gasteiger partial charge is 0.211 e. The number of benzene rings is 1. The highest BCUT2D eigenvalue weighted by molar-refractivity contribution is 14.0. The standard InChI is InChI=1S/C17H30N4O3S.HI/c1-4-25(22,23)21-13-12-20-17(18-3)19-11-8-14-24-15(2)16-9-6-5-7-10-16;/h5-7,9-10,15,21H,4,8,11-14H2,1-3H3,(H2,18,19,20);1H. The summed E-state index contributed by atoms with van der Waals surface area (Å²) in [4.78, 5) is 4.10. The van der Waals surface area contributed by atoms with Crippen LogP contribution in [0.1, 0.15) is 31.9 Å². The van der Waals surface area contributed by atoms with Crippen LogP contribution in [-0.4, -0.2) is 53.4 Å². The fraction of sp³-hybridized carbons (Fsp3) is 0.588. The number of ether oxygens (including phenoxy) is 1. The molecule has 1 unspecified atom stereocenters. The van der Waals surface area contributed by atoms with Gasteiger partial charge in [-0.1, -0.05) is 30.3 Å². The molecule has 0 radical (unpaired) electrons. The van der Waals surface area contributed by atoms with Crippen LogP contribution in [0, 0.1) is 0 Å². The Morgan fingerprint density at radius 2 is 1.81 bits per heavy atom. The van der Waals surface area contributed by atoms with Crippen molar-refractivity contribution in [2.24, 2.45) is 4.99 Å². The van der Waals surface area contributed by atoms with Gasteiger partial charge < -0.3 is 15.4 Å². The van der Waals surface area contributed by atoms with Gasteiger partial charge in [-0.2, -0.15) is 0 Å². The molecular weight excluding hydrogens is 467 g/mol. The third kappa shape index (κ3) is 10.9. The van der Waals surface area contributed by atoms with Gasteiger partial charge in [-0.3, -0.25) is 4.99 Å². The van der Waals surface area contributed by atoms with Crippen molar-refractivity contribution in [3.8, 4) is 0 Å². The van der Waals surface area contributed by atoms with Crippen LogP contribution in [0.2, 0.25) is 0 Å². The average Bonchev–Trinajstić information content (AvgIpc) is 2.63. The molecule has 150 valence electrons. The lowest BCUT2D eigenvalue weighted by molar-refractivity contribution is 0.0646. The van der Waals surface area contributed by atoms with Gasteiger partial charge in [0, 0.05) is 33.3 Å². The Morgan fingerprint density at radius 3 is 2.42 bits per heavy atom. The molecule has 0 saturated heterocycles. The van der Waals surface area contributed by atoms with E-state index >= 15 is 0 Å². The molecule has 0 aliphatic rings. The molecule has 0 spiro atoms. The number of nitrogens with zero attached hydrogens (tertiary/aromatic N) is 1. The Balaban J connectivity index is 0.00000625. The molecule has 1 aromatic carbocycles. The Kier molecular flexibility index (Phi) is 13.7. The number of halogens is 1. The fourth-order valence-corrected chi connectivity index (χ4v) is 2.69. The van der Waals surface area contributed by atoms with Gasteiger partial charge >= 0.3 is 0 Å². The maximum Gasteiger partial charge on any atom is 0.211 e. The highest BCUT2D eigenvalue weighted by atomic mass is 127. The molecule has 26 heavy (non-hydrogen) atoms. The minimum absolute atomic E-state index is 0. The topological polar surface area (TPSA) is 91.8 Å². The van der Waals surface area contributed by atoms with Crippen molar-refractivity contribution >= 4 is 40.0 Å². The molecule has 0 bridgehead atoms. The van der Waals surface area contributed by atoms with Gasteiger partial charge in [0.25, 0.3) is 0 Å². The van der Waals surface area contributed by atoms with Crippen LogP contribution in [0.3, 0.4) is 0 Å². The van der Waals surface area contributed by atoms with Crippen LogP contribution in [0.4, 0.5) is 0 Å². The number of nitrogens with one attached hydrogen (secondary N) is 3. The molecule has 0 fully saturated rings. The maximum absolute atomic E-state index is 11.3. The summed E-state index contributed by atoms with van der Waals surface area (Å²) in [6.07, 6.45) is 0.922. The normalized spacial score (nSPS) is 13.0. The van der Waals surface area contributed by atoms with Gasteiger partial charge in [0.05, 0.1) is 11.9 Å². The molecule has 3 N–H and O–H groups in total. The summed E-state index contributed by atoms with van der Waals surface area (Å²) in [5.74, 6) is 0.730. The SMILES string of the molecule is CCS(=O)(=O)NCCNC(=NC)NCCCOC(C)c1ccccc1.I. The minimum atomic E-state index is -3.15. The van der Waals surface area contributed by atoms with E-state index in [9.17, 15) is 8.42 Å². The third-order valence-electron chi connectivity index (χ3n) is 3.59. The predicted octanol–water partition coefficient (Wildman–Crippen LogP) is 1.88. The molecule has 0 aromatic heterocycles. The minimum Gasteiger partial charge on any atom is -0.374 e. The van der Waals surface area contributed by atoms with Gasteiger partial charge in [0.15, 0.2) is 5.96 Å². The van der Waals surface area contributed by atoms with Crippen molar-refractivity contribution in [2.45, 2.75) is 26.4 Å². The van der Waals surface area contributed by atoms with Gasteiger partial charge in [-0.15, -0.1) is 24.0 Å². The maximum atomic E-state index is 11.3. The van der Waals surface area contributed by atoms with E-state index in [-0.39, 0.29) is 35.8 Å². The Labute approximate surface area is 174 Å². The van der Waals surface area contributed by atoms with Crippen LogP contribution in [0.5, 0.6) is 0 Å². The van der Waals surface area contributed by atoms with Crippen molar-refractivity contribution in [3.05, 3.63) is 35.9 Å². The van der Waals surface area contributed by atoms with E-state index in [2.05, 4.69) is 32.5 Å².